The highest BCUT2D eigenvalue weighted by Gasteiger charge is 2.67. The molecule has 0 aliphatic heterocycles. The van der Waals surface area contributed by atoms with Gasteiger partial charge in [0.2, 0.25) is 15.9 Å². The van der Waals surface area contributed by atoms with Gasteiger partial charge in [0.15, 0.2) is 5.82 Å². The number of aryl methyl sites for hydroxylation is 2. The molecule has 0 spiro atoms. The van der Waals surface area contributed by atoms with Gasteiger partial charge >= 0.3 is 0 Å². The summed E-state index contributed by atoms with van der Waals surface area (Å²) < 4.78 is 119. The van der Waals surface area contributed by atoms with Crippen LogP contribution in [0.1, 0.15) is 58.8 Å². The van der Waals surface area contributed by atoms with Crippen molar-refractivity contribution >= 4 is 55.2 Å². The lowest BCUT2D eigenvalue weighted by Crippen LogP contribution is -2.38. The highest BCUT2D eigenvalue weighted by molar-refractivity contribution is 7.92. The van der Waals surface area contributed by atoms with Crippen LogP contribution in [0.2, 0.25) is 5.02 Å². The number of anilines is 1. The Morgan fingerprint density at radius 3 is 2.44 bits per heavy atom. The lowest BCUT2D eigenvalue weighted by atomic mass is 10.0. The summed E-state index contributed by atoms with van der Waals surface area (Å²) >= 11 is 6.62. The number of rotatable bonds is 11. The fourth-order valence-corrected chi connectivity index (χ4v) is 9.03. The normalized spacial score (nSPS) is 17.1. The van der Waals surface area contributed by atoms with Gasteiger partial charge < -0.3 is 5.32 Å². The van der Waals surface area contributed by atoms with Gasteiger partial charge in [-0.3, -0.25) is 28.2 Å². The zero-order valence-electron chi connectivity index (χ0n) is 32.5. The number of amides is 1. The highest BCUT2D eigenvalue weighted by atomic mass is 35.5. The van der Waals surface area contributed by atoms with Crippen molar-refractivity contribution in [2.75, 3.05) is 11.0 Å². The Bertz CT molecular complexity index is 3170. The second kappa shape index (κ2) is 14.6. The standard InChI is InChI=1S/C40H31ClF6N10O4S/c1-17-4-8-26(51-50-17)19-5-6-22-27(13-19)49-38(57(39(22)59)29-9-7-25(41)32-34(29)55(2)53-37(32)54-62(3,60)61)28(12-18-10-20(42)14-21(43)11-18)48-30(58)16-56-35-31(33(52-56)36(44)45)23-15-24(23)40(35,46)47/h4-11,13-14,23-24,28,36H,12,15-16H2,1-3H3,(H,48,58)(H,53,54)/t23-,24+,28-/m0/s1. The molecule has 0 radical (unpaired) electrons. The molecule has 1 saturated carbocycles. The SMILES string of the molecule is Cc1ccc(-c2ccc3c(=O)n(-c4ccc(Cl)c5c(NS(C)(=O)=O)nn(C)c45)c([C@H](Cc4cc(F)cc(F)c4)NC(=O)Cn4nc(C(F)F)c5c4C(F)(F)[C@@H]4C[C@H]54)nc3c2)nn1. The molecule has 4 aromatic heterocycles. The number of fused-ring (bicyclic) bond motifs is 5. The number of carbonyl (C=O) groups excluding carboxylic acids is 1. The van der Waals surface area contributed by atoms with Crippen molar-refractivity contribution in [3.8, 4) is 16.9 Å². The monoisotopic (exact) mass is 896 g/mol. The first-order chi connectivity index (χ1) is 29.3. The minimum absolute atomic E-state index is 0.00627. The van der Waals surface area contributed by atoms with E-state index in [9.17, 15) is 35.6 Å². The van der Waals surface area contributed by atoms with Gasteiger partial charge in [-0.15, -0.1) is 0 Å². The Hall–Kier alpha value is -6.35. The molecule has 0 bridgehead atoms. The Morgan fingerprint density at radius 1 is 1.02 bits per heavy atom. The molecule has 2 aliphatic rings. The van der Waals surface area contributed by atoms with E-state index < -0.39 is 87.7 Å². The summed E-state index contributed by atoms with van der Waals surface area (Å²) in [6.45, 7) is 0.757. The second-order valence-corrected chi connectivity index (χ2v) is 17.5. The molecule has 7 aromatic rings. The molecule has 3 aromatic carbocycles. The molecule has 2 N–H and O–H groups in total. The van der Waals surface area contributed by atoms with Crippen LogP contribution < -0.4 is 15.6 Å². The van der Waals surface area contributed by atoms with Gasteiger partial charge in [-0.1, -0.05) is 17.7 Å². The molecule has 1 fully saturated rings. The Balaban J connectivity index is 1.26. The van der Waals surface area contributed by atoms with E-state index in [2.05, 4.69) is 30.4 Å². The van der Waals surface area contributed by atoms with Crippen LogP contribution in [0.25, 0.3) is 38.8 Å². The van der Waals surface area contributed by atoms with Gasteiger partial charge in [-0.2, -0.15) is 29.2 Å². The molecule has 62 heavy (non-hydrogen) atoms. The summed E-state index contributed by atoms with van der Waals surface area (Å²) in [5, 5.41) is 19.1. The number of alkyl halides is 4. The largest absolute Gasteiger partial charge is 0.344 e. The van der Waals surface area contributed by atoms with Crippen LogP contribution in [0.3, 0.4) is 0 Å². The third-order valence-electron chi connectivity index (χ3n) is 10.9. The summed E-state index contributed by atoms with van der Waals surface area (Å²) in [6.07, 6.45) is -2.78. The van der Waals surface area contributed by atoms with E-state index in [1.165, 1.54) is 36.0 Å². The summed E-state index contributed by atoms with van der Waals surface area (Å²) in [5.41, 5.74) is -1.01. The zero-order chi connectivity index (χ0) is 44.2. The smallest absolute Gasteiger partial charge is 0.293 e. The summed E-state index contributed by atoms with van der Waals surface area (Å²) in [7, 11) is -2.46. The van der Waals surface area contributed by atoms with E-state index in [-0.39, 0.29) is 61.7 Å². The molecule has 4 heterocycles. The average Bonchev–Trinajstić information content (AvgIpc) is 3.73. The molecule has 0 saturated heterocycles. The number of carbonyl (C=O) groups is 1. The molecule has 9 rings (SSSR count). The van der Waals surface area contributed by atoms with Crippen LogP contribution in [0.15, 0.2) is 65.5 Å². The molecule has 320 valence electrons. The van der Waals surface area contributed by atoms with Crippen LogP contribution in [-0.4, -0.2) is 59.9 Å². The summed E-state index contributed by atoms with van der Waals surface area (Å²) in [4.78, 5) is 34.0. The lowest BCUT2D eigenvalue weighted by molar-refractivity contribution is -0.123. The summed E-state index contributed by atoms with van der Waals surface area (Å²) in [5.74, 6) is -9.06. The predicted molar refractivity (Wildman–Crippen MR) is 214 cm³/mol. The molecule has 1 amide bonds. The van der Waals surface area contributed by atoms with Gasteiger partial charge in [0.25, 0.3) is 17.9 Å². The molecular weight excluding hydrogens is 866 g/mol. The second-order valence-electron chi connectivity index (χ2n) is 15.3. The Kier molecular flexibility index (Phi) is 9.69. The van der Waals surface area contributed by atoms with Crippen molar-refractivity contribution in [2.24, 2.45) is 13.0 Å². The van der Waals surface area contributed by atoms with Gasteiger partial charge in [0, 0.05) is 36.6 Å². The number of hydrogen-bond acceptors (Lipinski definition) is 9. The van der Waals surface area contributed by atoms with Gasteiger partial charge in [-0.05, 0) is 73.4 Å². The molecule has 3 atom stereocenters. The molecule has 22 heteroatoms. The maximum Gasteiger partial charge on any atom is 0.293 e. The van der Waals surface area contributed by atoms with Gasteiger partial charge in [-0.25, -0.2) is 31.0 Å². The molecule has 0 unspecified atom stereocenters. The van der Waals surface area contributed by atoms with Gasteiger partial charge in [0.1, 0.15) is 35.4 Å². The first kappa shape index (κ1) is 41.0. The number of halogens is 7. The van der Waals surface area contributed by atoms with Crippen molar-refractivity contribution in [3.63, 3.8) is 0 Å². The first-order valence-electron chi connectivity index (χ1n) is 18.8. The average molecular weight is 897 g/mol. The van der Waals surface area contributed by atoms with E-state index >= 15 is 8.78 Å². The van der Waals surface area contributed by atoms with Crippen molar-refractivity contribution < 1.29 is 39.6 Å². The lowest BCUT2D eigenvalue weighted by Gasteiger charge is -2.24. The minimum Gasteiger partial charge on any atom is -0.344 e. The fourth-order valence-electron chi connectivity index (χ4n) is 8.29. The maximum atomic E-state index is 15.5. The van der Waals surface area contributed by atoms with E-state index in [4.69, 9.17) is 16.6 Å². The van der Waals surface area contributed by atoms with Crippen LogP contribution >= 0.6 is 11.6 Å². The van der Waals surface area contributed by atoms with Crippen LogP contribution in [0.5, 0.6) is 0 Å². The van der Waals surface area contributed by atoms with Crippen LogP contribution in [0.4, 0.5) is 32.2 Å². The predicted octanol–water partition coefficient (Wildman–Crippen LogP) is 6.78. The molecule has 2 aliphatic carbocycles. The minimum atomic E-state index is -3.91. The number of nitrogens with zero attached hydrogens (tertiary/aromatic N) is 8. The molecule has 14 nitrogen and oxygen atoms in total. The first-order valence-corrected chi connectivity index (χ1v) is 21.1. The van der Waals surface area contributed by atoms with Crippen LogP contribution in [0, 0.1) is 24.5 Å². The molecular formula is C40H31ClF6N10O4S. The van der Waals surface area contributed by atoms with E-state index in [1.54, 1.807) is 25.1 Å². The summed E-state index contributed by atoms with van der Waals surface area (Å²) in [6, 6.07) is 11.9. The fraction of sp³-hybridized carbons (Fsp3) is 0.275. The third-order valence-corrected chi connectivity index (χ3v) is 11.8. The van der Waals surface area contributed by atoms with E-state index in [0.29, 0.717) is 27.7 Å². The third kappa shape index (κ3) is 7.11. The Morgan fingerprint density at radius 2 is 1.76 bits per heavy atom. The maximum absolute atomic E-state index is 15.5. The van der Waals surface area contributed by atoms with E-state index in [1.807, 2.05) is 0 Å². The Labute approximate surface area is 351 Å². The zero-order valence-corrected chi connectivity index (χ0v) is 34.0. The van der Waals surface area contributed by atoms with Crippen molar-refractivity contribution in [2.45, 2.75) is 50.6 Å². The number of benzene rings is 3. The quantitative estimate of drug-likeness (QED) is 0.133. The number of hydrogen-bond donors (Lipinski definition) is 2. The number of nitrogens with one attached hydrogen (secondary N) is 2. The van der Waals surface area contributed by atoms with Crippen LogP contribution in [-0.2, 0) is 40.8 Å². The van der Waals surface area contributed by atoms with E-state index in [0.717, 1.165) is 23.0 Å². The number of aromatic nitrogens is 8. The highest BCUT2D eigenvalue weighted by Crippen LogP contribution is 2.68. The van der Waals surface area contributed by atoms with Gasteiger partial charge in [0.05, 0.1) is 56.2 Å². The topological polar surface area (TPSA) is 172 Å². The van der Waals surface area contributed by atoms with Crippen molar-refractivity contribution in [1.29, 1.82) is 0 Å². The van der Waals surface area contributed by atoms with Crippen molar-refractivity contribution in [3.05, 3.63) is 122 Å². The van der Waals surface area contributed by atoms with Crippen molar-refractivity contribution in [1.82, 2.24) is 44.6 Å². The number of sulfonamides is 1.